The quantitative estimate of drug-likeness (QED) is 0.832. The van der Waals surface area contributed by atoms with Gasteiger partial charge in [0.25, 0.3) is 5.91 Å². The van der Waals surface area contributed by atoms with Crippen molar-refractivity contribution < 1.29 is 9.18 Å². The van der Waals surface area contributed by atoms with Crippen molar-refractivity contribution in [1.29, 1.82) is 0 Å². The minimum Gasteiger partial charge on any atom is -0.399 e. The van der Waals surface area contributed by atoms with Gasteiger partial charge in [0.2, 0.25) is 0 Å². The molecule has 0 aliphatic heterocycles. The van der Waals surface area contributed by atoms with Gasteiger partial charge in [-0.05, 0) is 55.2 Å². The second-order valence-corrected chi connectivity index (χ2v) is 5.51. The monoisotopic (exact) mass is 284 g/mol. The molecule has 0 radical (unpaired) electrons. The van der Waals surface area contributed by atoms with Crippen LogP contribution in [-0.2, 0) is 6.42 Å². The van der Waals surface area contributed by atoms with Gasteiger partial charge in [-0.25, -0.2) is 4.39 Å². The number of aryl methyl sites for hydroxylation is 2. The molecule has 2 aromatic rings. The minimum absolute atomic E-state index is 0.0759. The maximum Gasteiger partial charge on any atom is 0.254 e. The van der Waals surface area contributed by atoms with Crippen molar-refractivity contribution in [1.82, 2.24) is 5.32 Å². The Hall–Kier alpha value is -2.36. The molecule has 0 saturated carbocycles. The fourth-order valence-electron chi connectivity index (χ4n) is 2.84. The summed E-state index contributed by atoms with van der Waals surface area (Å²) < 4.78 is 13.8. The van der Waals surface area contributed by atoms with Crippen LogP contribution in [0.3, 0.4) is 0 Å². The molecule has 21 heavy (non-hydrogen) atoms. The third-order valence-corrected chi connectivity index (χ3v) is 3.92. The maximum atomic E-state index is 13.8. The standard InChI is InChI=1S/C17H17FN2O/c1-10-2-6-15(18)14(8-10)17(21)20-16-7-3-11-9-12(19)4-5-13(11)16/h2,4-6,8-9,16H,3,7,19H2,1H3,(H,20,21). The van der Waals surface area contributed by atoms with Crippen molar-refractivity contribution in [2.24, 2.45) is 0 Å². The number of hydrogen-bond donors (Lipinski definition) is 2. The molecule has 0 aromatic heterocycles. The summed E-state index contributed by atoms with van der Waals surface area (Å²) in [7, 11) is 0. The van der Waals surface area contributed by atoms with Crippen molar-refractivity contribution in [2.45, 2.75) is 25.8 Å². The molecule has 1 atom stereocenters. The number of fused-ring (bicyclic) bond motifs is 1. The number of carbonyl (C=O) groups is 1. The van der Waals surface area contributed by atoms with Crippen molar-refractivity contribution in [2.75, 3.05) is 5.73 Å². The molecule has 0 bridgehead atoms. The highest BCUT2D eigenvalue weighted by atomic mass is 19.1. The third-order valence-electron chi connectivity index (χ3n) is 3.92. The molecule has 0 fully saturated rings. The van der Waals surface area contributed by atoms with E-state index in [0.717, 1.165) is 35.2 Å². The highest BCUT2D eigenvalue weighted by Gasteiger charge is 2.25. The van der Waals surface area contributed by atoms with Crippen LogP contribution in [-0.4, -0.2) is 5.91 Å². The number of nitrogen functional groups attached to an aromatic ring is 1. The third kappa shape index (κ3) is 2.61. The Bertz CT molecular complexity index is 712. The van der Waals surface area contributed by atoms with Gasteiger partial charge >= 0.3 is 0 Å². The molecule has 2 aromatic carbocycles. The Labute approximate surface area is 123 Å². The first kappa shape index (κ1) is 13.6. The average Bonchev–Trinajstić information content (AvgIpc) is 2.83. The van der Waals surface area contributed by atoms with Gasteiger partial charge < -0.3 is 11.1 Å². The summed E-state index contributed by atoms with van der Waals surface area (Å²) in [6.45, 7) is 1.84. The number of nitrogens with two attached hydrogens (primary N) is 1. The minimum atomic E-state index is -0.492. The van der Waals surface area contributed by atoms with Crippen LogP contribution in [0, 0.1) is 12.7 Å². The predicted molar refractivity (Wildman–Crippen MR) is 80.5 cm³/mol. The molecule has 1 unspecified atom stereocenters. The second-order valence-electron chi connectivity index (χ2n) is 5.51. The Kier molecular flexibility index (Phi) is 3.37. The van der Waals surface area contributed by atoms with E-state index >= 15 is 0 Å². The van der Waals surface area contributed by atoms with E-state index in [9.17, 15) is 9.18 Å². The number of amides is 1. The first-order valence-electron chi connectivity index (χ1n) is 7.00. The molecule has 1 aliphatic carbocycles. The largest absolute Gasteiger partial charge is 0.399 e. The molecular formula is C17H17FN2O. The van der Waals surface area contributed by atoms with Gasteiger partial charge in [0.1, 0.15) is 5.82 Å². The van der Waals surface area contributed by atoms with Gasteiger partial charge in [-0.3, -0.25) is 4.79 Å². The van der Waals surface area contributed by atoms with E-state index in [1.54, 1.807) is 12.1 Å². The number of nitrogens with one attached hydrogen (secondary N) is 1. The lowest BCUT2D eigenvalue weighted by atomic mass is 10.1. The molecule has 4 heteroatoms. The summed E-state index contributed by atoms with van der Waals surface area (Å²) in [5, 5.41) is 2.92. The van der Waals surface area contributed by atoms with Crippen LogP contribution < -0.4 is 11.1 Å². The smallest absolute Gasteiger partial charge is 0.254 e. The van der Waals surface area contributed by atoms with E-state index in [4.69, 9.17) is 5.73 Å². The van der Waals surface area contributed by atoms with Gasteiger partial charge in [-0.1, -0.05) is 17.7 Å². The summed E-state index contributed by atoms with van der Waals surface area (Å²) in [6, 6.07) is 10.2. The Morgan fingerprint density at radius 3 is 2.90 bits per heavy atom. The van der Waals surface area contributed by atoms with Crippen molar-refractivity contribution in [3.05, 3.63) is 64.5 Å². The van der Waals surface area contributed by atoms with Crippen LogP contribution in [0.4, 0.5) is 10.1 Å². The van der Waals surface area contributed by atoms with Crippen LogP contribution in [0.25, 0.3) is 0 Å². The Morgan fingerprint density at radius 1 is 1.29 bits per heavy atom. The second kappa shape index (κ2) is 5.20. The molecule has 3 nitrogen and oxygen atoms in total. The summed E-state index contributed by atoms with van der Waals surface area (Å²) in [5.41, 5.74) is 9.69. The topological polar surface area (TPSA) is 55.1 Å². The lowest BCUT2D eigenvalue weighted by Gasteiger charge is -2.15. The molecular weight excluding hydrogens is 267 g/mol. The summed E-state index contributed by atoms with van der Waals surface area (Å²) in [5.74, 6) is -0.862. The predicted octanol–water partition coefficient (Wildman–Crippen LogP) is 3.13. The lowest BCUT2D eigenvalue weighted by molar-refractivity contribution is 0.0932. The maximum absolute atomic E-state index is 13.8. The zero-order valence-electron chi connectivity index (χ0n) is 11.8. The Morgan fingerprint density at radius 2 is 2.10 bits per heavy atom. The van der Waals surface area contributed by atoms with Crippen LogP contribution in [0.15, 0.2) is 36.4 Å². The number of hydrogen-bond acceptors (Lipinski definition) is 2. The van der Waals surface area contributed by atoms with Crippen LogP contribution in [0.2, 0.25) is 0 Å². The van der Waals surface area contributed by atoms with E-state index in [1.807, 2.05) is 25.1 Å². The number of carbonyl (C=O) groups excluding carboxylic acids is 1. The summed E-state index contributed by atoms with van der Waals surface area (Å²) in [6.07, 6.45) is 1.69. The summed E-state index contributed by atoms with van der Waals surface area (Å²) >= 11 is 0. The number of halogens is 1. The molecule has 0 heterocycles. The molecule has 1 amide bonds. The highest BCUT2D eigenvalue weighted by molar-refractivity contribution is 5.95. The number of anilines is 1. The van der Waals surface area contributed by atoms with Gasteiger partial charge in [-0.15, -0.1) is 0 Å². The first-order valence-corrected chi connectivity index (χ1v) is 7.00. The van der Waals surface area contributed by atoms with Gasteiger partial charge in [0.15, 0.2) is 0 Å². The Balaban J connectivity index is 1.82. The lowest BCUT2D eigenvalue weighted by Crippen LogP contribution is -2.28. The van der Waals surface area contributed by atoms with E-state index in [2.05, 4.69) is 5.32 Å². The fraction of sp³-hybridized carbons (Fsp3) is 0.235. The molecule has 108 valence electrons. The van der Waals surface area contributed by atoms with E-state index < -0.39 is 5.82 Å². The average molecular weight is 284 g/mol. The van der Waals surface area contributed by atoms with E-state index in [-0.39, 0.29) is 17.5 Å². The van der Waals surface area contributed by atoms with Crippen LogP contribution in [0.1, 0.15) is 39.5 Å². The van der Waals surface area contributed by atoms with Gasteiger partial charge in [0, 0.05) is 5.69 Å². The van der Waals surface area contributed by atoms with Crippen molar-refractivity contribution in [3.63, 3.8) is 0 Å². The molecule has 3 N–H and O–H groups in total. The van der Waals surface area contributed by atoms with E-state index in [0.29, 0.717) is 0 Å². The van der Waals surface area contributed by atoms with Crippen molar-refractivity contribution >= 4 is 11.6 Å². The molecule has 1 aliphatic rings. The van der Waals surface area contributed by atoms with Crippen molar-refractivity contribution in [3.8, 4) is 0 Å². The zero-order valence-corrected chi connectivity index (χ0v) is 11.8. The first-order chi connectivity index (χ1) is 10.0. The zero-order chi connectivity index (χ0) is 15.0. The normalized spacial score (nSPS) is 16.6. The molecule has 0 saturated heterocycles. The van der Waals surface area contributed by atoms with Gasteiger partial charge in [0.05, 0.1) is 11.6 Å². The van der Waals surface area contributed by atoms with Gasteiger partial charge in [-0.2, -0.15) is 0 Å². The molecule has 3 rings (SSSR count). The molecule has 0 spiro atoms. The summed E-state index contributed by atoms with van der Waals surface area (Å²) in [4.78, 5) is 12.3. The SMILES string of the molecule is Cc1ccc(F)c(C(=O)NC2CCc3cc(N)ccc32)c1. The van der Waals surface area contributed by atoms with Crippen LogP contribution in [0.5, 0.6) is 0 Å². The number of benzene rings is 2. The highest BCUT2D eigenvalue weighted by Crippen LogP contribution is 2.32. The fourth-order valence-corrected chi connectivity index (χ4v) is 2.84. The van der Waals surface area contributed by atoms with E-state index in [1.165, 1.54) is 6.07 Å². The van der Waals surface area contributed by atoms with Crippen LogP contribution >= 0.6 is 0 Å². The number of rotatable bonds is 2.